The predicted molar refractivity (Wildman–Crippen MR) is 130 cm³/mol. The van der Waals surface area contributed by atoms with Gasteiger partial charge in [-0.05, 0) is 43.7 Å². The number of nitrogens with one attached hydrogen (secondary N) is 3. The van der Waals surface area contributed by atoms with Gasteiger partial charge in [-0.2, -0.15) is 0 Å². The SMILES string of the molecule is C=C1NC(=O)N[C@@H](c2cc(OCC)c(OCC)cc2Br)[C@@H]1C(=O)Nc1ccccc1C(=O)OC. The van der Waals surface area contributed by atoms with Gasteiger partial charge < -0.3 is 30.2 Å². The smallest absolute Gasteiger partial charge is 0.339 e. The average molecular weight is 532 g/mol. The van der Waals surface area contributed by atoms with Gasteiger partial charge in [-0.25, -0.2) is 9.59 Å². The highest BCUT2D eigenvalue weighted by atomic mass is 79.9. The zero-order valence-corrected chi connectivity index (χ0v) is 20.7. The van der Waals surface area contributed by atoms with Crippen molar-refractivity contribution in [2.75, 3.05) is 25.6 Å². The second-order valence-corrected chi connectivity index (χ2v) is 8.15. The molecule has 3 N–H and O–H groups in total. The van der Waals surface area contributed by atoms with E-state index in [1.165, 1.54) is 7.11 Å². The molecule has 1 heterocycles. The van der Waals surface area contributed by atoms with Gasteiger partial charge in [0.1, 0.15) is 5.92 Å². The van der Waals surface area contributed by atoms with E-state index in [2.05, 4.69) is 38.5 Å². The average Bonchev–Trinajstić information content (AvgIpc) is 2.80. The second kappa shape index (κ2) is 11.1. The van der Waals surface area contributed by atoms with Gasteiger partial charge in [0, 0.05) is 10.2 Å². The van der Waals surface area contributed by atoms with Crippen molar-refractivity contribution >= 4 is 39.5 Å². The number of urea groups is 1. The predicted octanol–water partition coefficient (Wildman–Crippen LogP) is 4.16. The second-order valence-electron chi connectivity index (χ2n) is 7.29. The Kier molecular flexibility index (Phi) is 8.17. The van der Waals surface area contributed by atoms with Gasteiger partial charge in [0.25, 0.3) is 0 Å². The first-order chi connectivity index (χ1) is 16.3. The Morgan fingerprint density at radius 2 is 1.76 bits per heavy atom. The molecule has 0 saturated carbocycles. The van der Waals surface area contributed by atoms with Gasteiger partial charge in [0.15, 0.2) is 11.5 Å². The van der Waals surface area contributed by atoms with Crippen LogP contribution in [0, 0.1) is 5.92 Å². The molecule has 3 rings (SSSR count). The monoisotopic (exact) mass is 531 g/mol. The molecular formula is C24H26BrN3O6. The summed E-state index contributed by atoms with van der Waals surface area (Å²) in [5, 5.41) is 8.14. The van der Waals surface area contributed by atoms with E-state index in [1.54, 1.807) is 36.4 Å². The molecule has 180 valence electrons. The van der Waals surface area contributed by atoms with Crippen LogP contribution in [0.4, 0.5) is 10.5 Å². The van der Waals surface area contributed by atoms with Crippen LogP contribution >= 0.6 is 15.9 Å². The van der Waals surface area contributed by atoms with Crippen LogP contribution in [0.3, 0.4) is 0 Å². The third kappa shape index (κ3) is 5.33. The number of hydrogen-bond donors (Lipinski definition) is 3. The summed E-state index contributed by atoms with van der Waals surface area (Å²) >= 11 is 3.53. The molecule has 0 bridgehead atoms. The molecule has 34 heavy (non-hydrogen) atoms. The fourth-order valence-electron chi connectivity index (χ4n) is 3.67. The van der Waals surface area contributed by atoms with Gasteiger partial charge in [0.2, 0.25) is 5.91 Å². The molecule has 9 nitrogen and oxygen atoms in total. The van der Waals surface area contributed by atoms with Gasteiger partial charge >= 0.3 is 12.0 Å². The van der Waals surface area contributed by atoms with E-state index in [0.29, 0.717) is 34.7 Å². The lowest BCUT2D eigenvalue weighted by Crippen LogP contribution is -2.52. The molecule has 1 aliphatic heterocycles. The van der Waals surface area contributed by atoms with E-state index < -0.39 is 29.9 Å². The molecule has 0 aliphatic carbocycles. The highest BCUT2D eigenvalue weighted by molar-refractivity contribution is 9.10. The highest BCUT2D eigenvalue weighted by Crippen LogP contribution is 2.41. The number of para-hydroxylation sites is 1. The molecule has 2 aromatic rings. The number of carbonyl (C=O) groups is 3. The Hall–Kier alpha value is -3.53. The maximum atomic E-state index is 13.4. The summed E-state index contributed by atoms with van der Waals surface area (Å²) in [7, 11) is 1.26. The molecule has 2 atom stereocenters. The minimum atomic E-state index is -0.910. The standard InChI is InChI=1S/C24H26BrN3O6/c1-5-33-18-11-15(16(25)12-19(18)34-6-2)21-20(13(3)26-24(31)28-21)22(29)27-17-10-8-7-9-14(17)23(30)32-4/h7-12,20-21H,3,5-6H2,1-2,4H3,(H,27,29)(H2,26,28,31)/t20-,21+/m1/s1. The summed E-state index contributed by atoms with van der Waals surface area (Å²) in [6.07, 6.45) is 0. The van der Waals surface area contributed by atoms with Gasteiger partial charge in [-0.15, -0.1) is 0 Å². The van der Waals surface area contributed by atoms with Gasteiger partial charge in [-0.3, -0.25) is 4.79 Å². The van der Waals surface area contributed by atoms with Crippen LogP contribution in [-0.2, 0) is 9.53 Å². The van der Waals surface area contributed by atoms with Crippen LogP contribution in [-0.4, -0.2) is 38.2 Å². The Morgan fingerprint density at radius 3 is 2.41 bits per heavy atom. The van der Waals surface area contributed by atoms with Crippen molar-refractivity contribution in [1.82, 2.24) is 10.6 Å². The summed E-state index contributed by atoms with van der Waals surface area (Å²) in [5.74, 6) is -0.954. The van der Waals surface area contributed by atoms with Crippen LogP contribution < -0.4 is 25.4 Å². The third-order valence-corrected chi connectivity index (χ3v) is 5.83. The highest BCUT2D eigenvalue weighted by Gasteiger charge is 2.39. The van der Waals surface area contributed by atoms with E-state index in [4.69, 9.17) is 14.2 Å². The number of methoxy groups -OCH3 is 1. The molecule has 0 unspecified atom stereocenters. The first kappa shape index (κ1) is 25.1. The number of amides is 3. The Morgan fingerprint density at radius 1 is 1.12 bits per heavy atom. The quantitative estimate of drug-likeness (QED) is 0.440. The van der Waals surface area contributed by atoms with Crippen molar-refractivity contribution in [2.24, 2.45) is 5.92 Å². The number of ether oxygens (including phenoxy) is 3. The molecule has 1 aliphatic rings. The molecular weight excluding hydrogens is 506 g/mol. The molecule has 10 heteroatoms. The topological polar surface area (TPSA) is 115 Å². The summed E-state index contributed by atoms with van der Waals surface area (Å²) in [4.78, 5) is 37.9. The van der Waals surface area contributed by atoms with E-state index in [-0.39, 0.29) is 16.9 Å². The minimum Gasteiger partial charge on any atom is -0.490 e. The van der Waals surface area contributed by atoms with Crippen LogP contribution in [0.1, 0.15) is 35.8 Å². The first-order valence-electron chi connectivity index (χ1n) is 10.6. The Bertz CT molecular complexity index is 1120. The van der Waals surface area contributed by atoms with Crippen molar-refractivity contribution in [2.45, 2.75) is 19.9 Å². The molecule has 0 aromatic heterocycles. The lowest BCUT2D eigenvalue weighted by atomic mass is 9.88. The number of carbonyl (C=O) groups excluding carboxylic acids is 3. The minimum absolute atomic E-state index is 0.203. The number of halogens is 1. The maximum absolute atomic E-state index is 13.4. The summed E-state index contributed by atoms with van der Waals surface area (Å²) < 4.78 is 16.8. The molecule has 2 aromatic carbocycles. The largest absolute Gasteiger partial charge is 0.490 e. The maximum Gasteiger partial charge on any atom is 0.339 e. The van der Waals surface area contributed by atoms with Gasteiger partial charge in [-0.1, -0.05) is 34.6 Å². The number of rotatable bonds is 8. The molecule has 1 saturated heterocycles. The van der Waals surface area contributed by atoms with Crippen molar-refractivity contribution in [1.29, 1.82) is 0 Å². The first-order valence-corrected chi connectivity index (χ1v) is 11.4. The van der Waals surface area contributed by atoms with Crippen LogP contribution in [0.15, 0.2) is 53.1 Å². The summed E-state index contributed by atoms with van der Waals surface area (Å²) in [5.41, 5.74) is 1.29. The fourth-order valence-corrected chi connectivity index (χ4v) is 4.24. The van der Waals surface area contributed by atoms with E-state index >= 15 is 0 Å². The molecule has 3 amide bonds. The summed E-state index contributed by atoms with van der Waals surface area (Å²) in [6.45, 7) is 8.45. The fraction of sp³-hybridized carbons (Fsp3) is 0.292. The zero-order chi connectivity index (χ0) is 24.8. The van der Waals surface area contributed by atoms with Crippen LogP contribution in [0.5, 0.6) is 11.5 Å². The van der Waals surface area contributed by atoms with Crippen molar-refractivity contribution in [3.63, 3.8) is 0 Å². The lowest BCUT2D eigenvalue weighted by molar-refractivity contribution is -0.119. The van der Waals surface area contributed by atoms with Crippen LogP contribution in [0.2, 0.25) is 0 Å². The van der Waals surface area contributed by atoms with Crippen molar-refractivity contribution in [3.8, 4) is 11.5 Å². The number of hydrogen-bond acceptors (Lipinski definition) is 6. The van der Waals surface area contributed by atoms with Crippen molar-refractivity contribution < 1.29 is 28.6 Å². The number of benzene rings is 2. The normalized spacial score (nSPS) is 17.3. The zero-order valence-electron chi connectivity index (χ0n) is 19.1. The Labute approximate surface area is 206 Å². The van der Waals surface area contributed by atoms with Crippen molar-refractivity contribution in [3.05, 3.63) is 64.3 Å². The summed E-state index contributed by atoms with van der Waals surface area (Å²) in [6, 6.07) is 8.68. The van der Waals surface area contributed by atoms with E-state index in [0.717, 1.165) is 0 Å². The van der Waals surface area contributed by atoms with E-state index in [1.807, 2.05) is 13.8 Å². The molecule has 0 spiro atoms. The Balaban J connectivity index is 2.01. The molecule has 1 fully saturated rings. The van der Waals surface area contributed by atoms with E-state index in [9.17, 15) is 14.4 Å². The number of esters is 1. The lowest BCUT2D eigenvalue weighted by Gasteiger charge is -2.34. The third-order valence-electron chi connectivity index (χ3n) is 5.14. The van der Waals surface area contributed by atoms with Gasteiger partial charge in [0.05, 0.1) is 37.6 Å². The number of anilines is 1. The van der Waals surface area contributed by atoms with Crippen LogP contribution in [0.25, 0.3) is 0 Å². The molecule has 0 radical (unpaired) electrons.